The molecular formula is C13H29N3. The summed E-state index contributed by atoms with van der Waals surface area (Å²) in [5.41, 5.74) is 6.13. The second kappa shape index (κ2) is 7.25. The van der Waals surface area contributed by atoms with Crippen LogP contribution in [0.1, 0.15) is 39.0 Å². The lowest BCUT2D eigenvalue weighted by atomic mass is 10.0. The van der Waals surface area contributed by atoms with E-state index < -0.39 is 0 Å². The van der Waals surface area contributed by atoms with E-state index in [1.54, 1.807) is 0 Å². The van der Waals surface area contributed by atoms with Gasteiger partial charge < -0.3 is 15.5 Å². The monoisotopic (exact) mass is 227 g/mol. The number of likely N-dealkylation sites (tertiary alicyclic amines) is 1. The van der Waals surface area contributed by atoms with Crippen LogP contribution in [-0.2, 0) is 0 Å². The highest BCUT2D eigenvalue weighted by molar-refractivity contribution is 4.79. The van der Waals surface area contributed by atoms with Gasteiger partial charge in [-0.25, -0.2) is 0 Å². The average Bonchev–Trinajstić information content (AvgIpc) is 2.27. The fraction of sp³-hybridized carbons (Fsp3) is 1.00. The van der Waals surface area contributed by atoms with Gasteiger partial charge in [0, 0.05) is 18.6 Å². The summed E-state index contributed by atoms with van der Waals surface area (Å²) >= 11 is 0. The summed E-state index contributed by atoms with van der Waals surface area (Å²) in [6.45, 7) is 5.78. The Morgan fingerprint density at radius 2 is 1.94 bits per heavy atom. The molecule has 1 unspecified atom stereocenters. The Balaban J connectivity index is 2.16. The first-order chi connectivity index (χ1) is 7.63. The lowest BCUT2D eigenvalue weighted by molar-refractivity contribution is 0.138. The molecule has 0 aromatic rings. The number of hydrogen-bond donors (Lipinski definition) is 1. The molecule has 1 saturated heterocycles. The van der Waals surface area contributed by atoms with Gasteiger partial charge in [0.15, 0.2) is 0 Å². The zero-order valence-electron chi connectivity index (χ0n) is 11.3. The molecule has 3 heteroatoms. The quantitative estimate of drug-likeness (QED) is 0.747. The van der Waals surface area contributed by atoms with Crippen LogP contribution >= 0.6 is 0 Å². The van der Waals surface area contributed by atoms with Crippen LogP contribution < -0.4 is 5.73 Å². The van der Waals surface area contributed by atoms with E-state index in [2.05, 4.69) is 30.8 Å². The van der Waals surface area contributed by atoms with Crippen LogP contribution in [0, 0.1) is 0 Å². The summed E-state index contributed by atoms with van der Waals surface area (Å²) in [7, 11) is 4.38. The minimum absolute atomic E-state index is 0.385. The van der Waals surface area contributed by atoms with Crippen molar-refractivity contribution in [3.63, 3.8) is 0 Å². The zero-order valence-corrected chi connectivity index (χ0v) is 11.3. The van der Waals surface area contributed by atoms with Crippen LogP contribution in [0.5, 0.6) is 0 Å². The summed E-state index contributed by atoms with van der Waals surface area (Å²) in [6.07, 6.45) is 6.32. The molecule has 0 aromatic carbocycles. The smallest absolute Gasteiger partial charge is 0.0167 e. The second-order valence-corrected chi connectivity index (χ2v) is 5.40. The van der Waals surface area contributed by atoms with Gasteiger partial charge in [-0.2, -0.15) is 0 Å². The molecule has 1 aliphatic heterocycles. The molecule has 0 radical (unpaired) electrons. The normalized spacial score (nSPS) is 21.6. The van der Waals surface area contributed by atoms with Crippen LogP contribution in [0.25, 0.3) is 0 Å². The Bertz CT molecular complexity index is 174. The van der Waals surface area contributed by atoms with Crippen molar-refractivity contribution in [3.8, 4) is 0 Å². The van der Waals surface area contributed by atoms with Crippen LogP contribution in [0.15, 0.2) is 0 Å². The third-order valence-electron chi connectivity index (χ3n) is 3.71. The number of hydrogen-bond acceptors (Lipinski definition) is 3. The fourth-order valence-corrected chi connectivity index (χ4v) is 2.51. The van der Waals surface area contributed by atoms with Gasteiger partial charge in [0.1, 0.15) is 0 Å². The van der Waals surface area contributed by atoms with E-state index in [0.29, 0.717) is 6.04 Å². The predicted molar refractivity (Wildman–Crippen MR) is 70.6 cm³/mol. The Morgan fingerprint density at radius 1 is 1.31 bits per heavy atom. The lowest BCUT2D eigenvalue weighted by Gasteiger charge is -2.36. The maximum Gasteiger partial charge on any atom is 0.0167 e. The maximum absolute atomic E-state index is 6.13. The molecule has 0 aliphatic carbocycles. The molecule has 96 valence electrons. The Morgan fingerprint density at radius 3 is 2.44 bits per heavy atom. The van der Waals surface area contributed by atoms with Gasteiger partial charge >= 0.3 is 0 Å². The zero-order chi connectivity index (χ0) is 12.0. The van der Waals surface area contributed by atoms with Gasteiger partial charge in [-0.15, -0.1) is 0 Å². The molecule has 3 nitrogen and oxygen atoms in total. The molecule has 0 bridgehead atoms. The van der Waals surface area contributed by atoms with Crippen molar-refractivity contribution in [2.75, 3.05) is 33.7 Å². The van der Waals surface area contributed by atoms with Crippen molar-refractivity contribution in [3.05, 3.63) is 0 Å². The SMILES string of the molecule is CCCCC(N)CN1CCC(N(C)C)CC1. The van der Waals surface area contributed by atoms with E-state index in [-0.39, 0.29) is 0 Å². The van der Waals surface area contributed by atoms with E-state index in [4.69, 9.17) is 5.73 Å². The molecule has 16 heavy (non-hydrogen) atoms. The van der Waals surface area contributed by atoms with Crippen molar-refractivity contribution in [2.45, 2.75) is 51.1 Å². The van der Waals surface area contributed by atoms with Gasteiger partial charge in [0.05, 0.1) is 0 Å². The van der Waals surface area contributed by atoms with Gasteiger partial charge in [0.2, 0.25) is 0 Å². The van der Waals surface area contributed by atoms with Crippen molar-refractivity contribution >= 4 is 0 Å². The highest BCUT2D eigenvalue weighted by Crippen LogP contribution is 2.14. The van der Waals surface area contributed by atoms with Crippen molar-refractivity contribution in [1.29, 1.82) is 0 Å². The Hall–Kier alpha value is -0.120. The summed E-state index contributed by atoms with van der Waals surface area (Å²) < 4.78 is 0. The average molecular weight is 227 g/mol. The van der Waals surface area contributed by atoms with E-state index in [1.807, 2.05) is 0 Å². The molecule has 0 spiro atoms. The Labute approximate surface area is 101 Å². The fourth-order valence-electron chi connectivity index (χ4n) is 2.51. The first-order valence-electron chi connectivity index (χ1n) is 6.77. The number of nitrogens with zero attached hydrogens (tertiary/aromatic N) is 2. The molecular weight excluding hydrogens is 198 g/mol. The first-order valence-corrected chi connectivity index (χ1v) is 6.77. The minimum atomic E-state index is 0.385. The van der Waals surface area contributed by atoms with E-state index in [9.17, 15) is 0 Å². The predicted octanol–water partition coefficient (Wildman–Crippen LogP) is 1.53. The van der Waals surface area contributed by atoms with E-state index in [0.717, 1.165) is 12.6 Å². The first kappa shape index (κ1) is 13.9. The van der Waals surface area contributed by atoms with Crippen LogP contribution in [-0.4, -0.2) is 55.6 Å². The Kier molecular flexibility index (Phi) is 6.32. The van der Waals surface area contributed by atoms with Crippen LogP contribution in [0.3, 0.4) is 0 Å². The molecule has 1 fully saturated rings. The topological polar surface area (TPSA) is 32.5 Å². The summed E-state index contributed by atoms with van der Waals surface area (Å²) in [5, 5.41) is 0. The molecule has 0 saturated carbocycles. The summed E-state index contributed by atoms with van der Waals surface area (Å²) in [6, 6.07) is 1.17. The van der Waals surface area contributed by atoms with E-state index in [1.165, 1.54) is 45.2 Å². The van der Waals surface area contributed by atoms with Crippen molar-refractivity contribution < 1.29 is 0 Å². The van der Waals surface area contributed by atoms with Crippen LogP contribution in [0.2, 0.25) is 0 Å². The largest absolute Gasteiger partial charge is 0.327 e. The lowest BCUT2D eigenvalue weighted by Crippen LogP contribution is -2.46. The van der Waals surface area contributed by atoms with Gasteiger partial charge in [0.25, 0.3) is 0 Å². The molecule has 1 atom stereocenters. The standard InChI is InChI=1S/C13H29N3/c1-4-5-6-12(14)11-16-9-7-13(8-10-16)15(2)3/h12-13H,4-11,14H2,1-3H3. The number of nitrogens with two attached hydrogens (primary N) is 1. The van der Waals surface area contributed by atoms with Crippen molar-refractivity contribution in [1.82, 2.24) is 9.80 Å². The van der Waals surface area contributed by atoms with Crippen molar-refractivity contribution in [2.24, 2.45) is 5.73 Å². The molecule has 1 aliphatic rings. The third-order valence-corrected chi connectivity index (χ3v) is 3.71. The molecule has 1 rings (SSSR count). The van der Waals surface area contributed by atoms with Crippen LogP contribution in [0.4, 0.5) is 0 Å². The molecule has 0 amide bonds. The highest BCUT2D eigenvalue weighted by atomic mass is 15.2. The highest BCUT2D eigenvalue weighted by Gasteiger charge is 2.21. The summed E-state index contributed by atoms with van der Waals surface area (Å²) in [4.78, 5) is 4.90. The third kappa shape index (κ3) is 4.81. The van der Waals surface area contributed by atoms with Gasteiger partial charge in [-0.05, 0) is 46.4 Å². The molecule has 2 N–H and O–H groups in total. The number of piperidine rings is 1. The van der Waals surface area contributed by atoms with Gasteiger partial charge in [-0.3, -0.25) is 0 Å². The molecule has 1 heterocycles. The summed E-state index contributed by atoms with van der Waals surface area (Å²) in [5.74, 6) is 0. The number of rotatable bonds is 6. The maximum atomic E-state index is 6.13. The van der Waals surface area contributed by atoms with Gasteiger partial charge in [-0.1, -0.05) is 19.8 Å². The molecule has 0 aromatic heterocycles. The number of unbranched alkanes of at least 4 members (excludes halogenated alkanes) is 1. The second-order valence-electron chi connectivity index (χ2n) is 5.40. The van der Waals surface area contributed by atoms with E-state index >= 15 is 0 Å². The minimum Gasteiger partial charge on any atom is -0.327 e.